The highest BCUT2D eigenvalue weighted by atomic mass is 16.5. The molecule has 5 nitrogen and oxygen atoms in total. The lowest BCUT2D eigenvalue weighted by atomic mass is 9.98. The number of nitrogens with one attached hydrogen (secondary N) is 1. The van der Waals surface area contributed by atoms with Crippen LogP contribution in [-0.2, 0) is 5.60 Å². The molecule has 0 aliphatic rings. The Morgan fingerprint density at radius 3 is 2.64 bits per heavy atom. The second-order valence-corrected chi connectivity index (χ2v) is 6.26. The molecule has 0 spiro atoms. The smallest absolute Gasteiger partial charge is 0.270 e. The van der Waals surface area contributed by atoms with Gasteiger partial charge in [-0.3, -0.25) is 4.79 Å². The highest BCUT2D eigenvalue weighted by molar-refractivity contribution is 5.67. The van der Waals surface area contributed by atoms with Crippen LogP contribution in [0.1, 0.15) is 33.3 Å². The Morgan fingerprint density at radius 2 is 2.00 bits per heavy atom. The Balaban J connectivity index is 2.47. The highest BCUT2D eigenvalue weighted by Gasteiger charge is 2.22. The SMILES string of the molecule is CC(C)COc1ccccc1-c1cc(C(C)(C)O)c(=O)[nH]n1. The number of aromatic nitrogens is 2. The van der Waals surface area contributed by atoms with Crippen LogP contribution in [0.2, 0.25) is 0 Å². The second kappa shape index (κ2) is 6.32. The van der Waals surface area contributed by atoms with Gasteiger partial charge in [0, 0.05) is 5.56 Å². The largest absolute Gasteiger partial charge is 0.493 e. The van der Waals surface area contributed by atoms with Crippen LogP contribution in [-0.4, -0.2) is 21.9 Å². The van der Waals surface area contributed by atoms with E-state index in [-0.39, 0.29) is 5.56 Å². The molecule has 22 heavy (non-hydrogen) atoms. The van der Waals surface area contributed by atoms with Crippen molar-refractivity contribution in [3.05, 3.63) is 46.2 Å². The molecule has 0 unspecified atom stereocenters. The molecule has 0 saturated carbocycles. The lowest BCUT2D eigenvalue weighted by molar-refractivity contribution is 0.0769. The summed E-state index contributed by atoms with van der Waals surface area (Å²) in [4.78, 5) is 11.8. The molecule has 5 heteroatoms. The molecule has 1 heterocycles. The van der Waals surface area contributed by atoms with Crippen LogP contribution in [0, 0.1) is 5.92 Å². The third kappa shape index (κ3) is 3.74. The number of nitrogens with zero attached hydrogens (tertiary/aromatic N) is 1. The van der Waals surface area contributed by atoms with Crippen LogP contribution >= 0.6 is 0 Å². The molecule has 0 atom stereocenters. The fraction of sp³-hybridized carbons (Fsp3) is 0.412. The minimum absolute atomic E-state index is 0.274. The zero-order valence-corrected chi connectivity index (χ0v) is 13.4. The van der Waals surface area contributed by atoms with Gasteiger partial charge in [0.2, 0.25) is 0 Å². The van der Waals surface area contributed by atoms with Crippen LogP contribution in [0.4, 0.5) is 0 Å². The number of H-pyrrole nitrogens is 1. The lowest BCUT2D eigenvalue weighted by Gasteiger charge is -2.17. The van der Waals surface area contributed by atoms with E-state index in [0.29, 0.717) is 24.0 Å². The Bertz CT molecular complexity index is 700. The van der Waals surface area contributed by atoms with Gasteiger partial charge in [-0.1, -0.05) is 26.0 Å². The Hall–Kier alpha value is -2.14. The van der Waals surface area contributed by atoms with E-state index in [1.807, 2.05) is 24.3 Å². The summed E-state index contributed by atoms with van der Waals surface area (Å²) in [5, 5.41) is 16.6. The summed E-state index contributed by atoms with van der Waals surface area (Å²) in [5.74, 6) is 1.11. The van der Waals surface area contributed by atoms with Crippen molar-refractivity contribution in [1.82, 2.24) is 10.2 Å². The van der Waals surface area contributed by atoms with Crippen molar-refractivity contribution in [2.45, 2.75) is 33.3 Å². The molecule has 0 fully saturated rings. The van der Waals surface area contributed by atoms with Gasteiger partial charge in [-0.15, -0.1) is 0 Å². The van der Waals surface area contributed by atoms with Crippen molar-refractivity contribution in [1.29, 1.82) is 0 Å². The molecule has 0 amide bonds. The summed E-state index contributed by atoms with van der Waals surface area (Å²) in [7, 11) is 0. The predicted octanol–water partition coefficient (Wildman–Crippen LogP) is 2.70. The third-order valence-corrected chi connectivity index (χ3v) is 3.20. The first-order chi connectivity index (χ1) is 10.3. The van der Waals surface area contributed by atoms with E-state index in [1.54, 1.807) is 19.9 Å². The van der Waals surface area contributed by atoms with E-state index >= 15 is 0 Å². The number of ether oxygens (including phenoxy) is 1. The zero-order valence-electron chi connectivity index (χ0n) is 13.4. The number of para-hydroxylation sites is 1. The average molecular weight is 302 g/mol. The molecule has 2 aromatic rings. The molecular weight excluding hydrogens is 280 g/mol. The monoisotopic (exact) mass is 302 g/mol. The summed E-state index contributed by atoms with van der Waals surface area (Å²) < 4.78 is 5.81. The van der Waals surface area contributed by atoms with Crippen molar-refractivity contribution < 1.29 is 9.84 Å². The van der Waals surface area contributed by atoms with Crippen LogP contribution < -0.4 is 10.3 Å². The van der Waals surface area contributed by atoms with E-state index in [2.05, 4.69) is 24.0 Å². The average Bonchev–Trinajstić information content (AvgIpc) is 2.45. The molecule has 1 aromatic heterocycles. The number of aliphatic hydroxyl groups is 1. The zero-order chi connectivity index (χ0) is 16.3. The van der Waals surface area contributed by atoms with Crippen molar-refractivity contribution in [2.75, 3.05) is 6.61 Å². The number of hydrogen-bond donors (Lipinski definition) is 2. The van der Waals surface area contributed by atoms with Gasteiger partial charge >= 0.3 is 0 Å². The van der Waals surface area contributed by atoms with Crippen LogP contribution in [0.25, 0.3) is 11.3 Å². The maximum atomic E-state index is 11.8. The highest BCUT2D eigenvalue weighted by Crippen LogP contribution is 2.29. The molecule has 2 N–H and O–H groups in total. The summed E-state index contributed by atoms with van der Waals surface area (Å²) in [5.41, 5.74) is -0.00657. The van der Waals surface area contributed by atoms with Gasteiger partial charge < -0.3 is 9.84 Å². The lowest BCUT2D eigenvalue weighted by Crippen LogP contribution is -2.27. The minimum atomic E-state index is -1.24. The molecule has 0 aliphatic carbocycles. The van der Waals surface area contributed by atoms with Gasteiger partial charge in [-0.2, -0.15) is 5.10 Å². The quantitative estimate of drug-likeness (QED) is 0.890. The van der Waals surface area contributed by atoms with Crippen LogP contribution in [0.3, 0.4) is 0 Å². The number of hydrogen-bond acceptors (Lipinski definition) is 4. The van der Waals surface area contributed by atoms with Crippen molar-refractivity contribution in [2.24, 2.45) is 5.92 Å². The predicted molar refractivity (Wildman–Crippen MR) is 85.9 cm³/mol. The maximum absolute atomic E-state index is 11.8. The first kappa shape index (κ1) is 16.2. The van der Waals surface area contributed by atoms with Gasteiger partial charge in [0.15, 0.2) is 0 Å². The van der Waals surface area contributed by atoms with Crippen LogP contribution in [0.15, 0.2) is 35.1 Å². The third-order valence-electron chi connectivity index (χ3n) is 3.20. The Morgan fingerprint density at radius 1 is 1.32 bits per heavy atom. The molecule has 0 saturated heterocycles. The molecule has 2 rings (SSSR count). The fourth-order valence-electron chi connectivity index (χ4n) is 2.06. The van der Waals surface area contributed by atoms with Gasteiger partial charge in [0.05, 0.1) is 23.5 Å². The number of benzene rings is 1. The number of rotatable bonds is 5. The van der Waals surface area contributed by atoms with E-state index in [0.717, 1.165) is 5.56 Å². The van der Waals surface area contributed by atoms with Crippen molar-refractivity contribution in [3.63, 3.8) is 0 Å². The van der Waals surface area contributed by atoms with E-state index in [9.17, 15) is 9.90 Å². The van der Waals surface area contributed by atoms with E-state index < -0.39 is 11.2 Å². The van der Waals surface area contributed by atoms with Gasteiger partial charge in [-0.25, -0.2) is 5.10 Å². The molecule has 1 aromatic carbocycles. The van der Waals surface area contributed by atoms with Gasteiger partial charge in [0.25, 0.3) is 5.56 Å². The fourth-order valence-corrected chi connectivity index (χ4v) is 2.06. The Labute approximate surface area is 130 Å². The van der Waals surface area contributed by atoms with Crippen molar-refractivity contribution >= 4 is 0 Å². The standard InChI is InChI=1S/C17H22N2O3/c1-11(2)10-22-15-8-6-5-7-12(15)14-9-13(17(3,4)21)16(20)19-18-14/h5-9,11,21H,10H2,1-4H3,(H,19,20). The molecule has 0 aliphatic heterocycles. The van der Waals surface area contributed by atoms with Gasteiger partial charge in [-0.05, 0) is 38.0 Å². The second-order valence-electron chi connectivity index (χ2n) is 6.26. The van der Waals surface area contributed by atoms with E-state index in [4.69, 9.17) is 4.74 Å². The maximum Gasteiger partial charge on any atom is 0.270 e. The summed E-state index contributed by atoms with van der Waals surface area (Å²) in [6.07, 6.45) is 0. The topological polar surface area (TPSA) is 75.2 Å². The van der Waals surface area contributed by atoms with Crippen molar-refractivity contribution in [3.8, 4) is 17.0 Å². The Kier molecular flexibility index (Phi) is 4.66. The normalized spacial score (nSPS) is 11.7. The summed E-state index contributed by atoms with van der Waals surface area (Å²) in [6, 6.07) is 9.13. The van der Waals surface area contributed by atoms with Gasteiger partial charge in [0.1, 0.15) is 5.75 Å². The molecule has 118 valence electrons. The first-order valence-corrected chi connectivity index (χ1v) is 7.34. The van der Waals surface area contributed by atoms with E-state index in [1.165, 1.54) is 0 Å². The summed E-state index contributed by atoms with van der Waals surface area (Å²) >= 11 is 0. The number of aromatic amines is 1. The minimum Gasteiger partial charge on any atom is -0.493 e. The summed E-state index contributed by atoms with van der Waals surface area (Å²) in [6.45, 7) is 7.89. The molecular formula is C17H22N2O3. The molecule has 0 radical (unpaired) electrons. The molecule has 0 bridgehead atoms. The first-order valence-electron chi connectivity index (χ1n) is 7.34. The van der Waals surface area contributed by atoms with Crippen LogP contribution in [0.5, 0.6) is 5.75 Å².